The fraction of sp³-hybridized carbons (Fsp3) is 0.885. The van der Waals surface area contributed by atoms with Crippen molar-refractivity contribution in [2.45, 2.75) is 131 Å². The van der Waals surface area contributed by atoms with Crippen LogP contribution >= 0.6 is 0 Å². The number of carboxylic acids is 3. The predicted molar refractivity (Wildman–Crippen MR) is 132 cm³/mol. The minimum Gasteiger partial charge on any atom is -0.481 e. The molecule has 0 rings (SSSR count). The number of aliphatic carboxylic acids is 3. The van der Waals surface area contributed by atoms with Crippen LogP contribution in [0.3, 0.4) is 0 Å². The van der Waals surface area contributed by atoms with E-state index in [-0.39, 0.29) is 47.7 Å². The van der Waals surface area contributed by atoms with Gasteiger partial charge in [0.15, 0.2) is 0 Å². The zero-order valence-corrected chi connectivity index (χ0v) is 25.3. The van der Waals surface area contributed by atoms with Gasteiger partial charge in [0.05, 0.1) is 5.92 Å². The van der Waals surface area contributed by atoms with Crippen molar-refractivity contribution in [2.75, 3.05) is 0 Å². The maximum absolute atomic E-state index is 10.4. The van der Waals surface area contributed by atoms with Gasteiger partial charge < -0.3 is 15.3 Å². The molecular formula is C26H52CeO6. The van der Waals surface area contributed by atoms with Crippen molar-refractivity contribution in [1.82, 2.24) is 0 Å². The Labute approximate surface area is 237 Å². The molecule has 0 aliphatic heterocycles. The molecule has 1 atom stereocenters. The number of hydrogen-bond acceptors (Lipinski definition) is 3. The molecule has 6 nitrogen and oxygen atoms in total. The fourth-order valence-corrected chi connectivity index (χ4v) is 2.96. The molecule has 0 aromatic heterocycles. The standard InChI is InChI=1S/2C9H18O2.C8H16O2.Ce/c2*1-8(2)6-4-3-5-7-9(10)11;1-3-5-6-7(4-2)8(9)10;/h2*8H,3-7H2,1-2H3,(H,10,11);7H,3-6H2,1-2H3,(H,9,10);. The third kappa shape index (κ3) is 42.4. The monoisotopic (exact) mass is 600 g/mol. The second-order valence-electron chi connectivity index (χ2n) is 9.36. The van der Waals surface area contributed by atoms with E-state index in [0.717, 1.165) is 63.2 Å². The van der Waals surface area contributed by atoms with E-state index in [1.165, 1.54) is 25.7 Å². The van der Waals surface area contributed by atoms with Crippen LogP contribution in [0.25, 0.3) is 0 Å². The Kier molecular flexibility index (Phi) is 36.1. The van der Waals surface area contributed by atoms with E-state index >= 15 is 0 Å². The minimum absolute atomic E-state index is 0. The van der Waals surface area contributed by atoms with Crippen molar-refractivity contribution >= 4 is 17.9 Å². The molecule has 0 radical (unpaired) electrons. The SMILES string of the molecule is CC(C)CCCCCC(=O)O.CC(C)CCCCCC(=O)O.CCCCC(CC)C(=O)O.[Ce]. The summed E-state index contributed by atoms with van der Waals surface area (Å²) in [5.41, 5.74) is 0. The molecule has 0 spiro atoms. The van der Waals surface area contributed by atoms with Crippen molar-refractivity contribution in [2.24, 2.45) is 17.8 Å². The largest absolute Gasteiger partial charge is 0.481 e. The predicted octanol–water partition coefficient (Wildman–Crippen LogP) is 7.64. The summed E-state index contributed by atoms with van der Waals surface area (Å²) in [5, 5.41) is 25.2. The van der Waals surface area contributed by atoms with E-state index in [4.69, 9.17) is 15.3 Å². The molecule has 0 heterocycles. The van der Waals surface area contributed by atoms with Gasteiger partial charge in [-0.2, -0.15) is 0 Å². The van der Waals surface area contributed by atoms with Gasteiger partial charge in [-0.05, 0) is 37.5 Å². The minimum atomic E-state index is -0.672. The van der Waals surface area contributed by atoms with Gasteiger partial charge in [-0.3, -0.25) is 14.4 Å². The normalized spacial score (nSPS) is 10.9. The topological polar surface area (TPSA) is 112 Å². The van der Waals surface area contributed by atoms with Crippen LogP contribution in [-0.4, -0.2) is 33.2 Å². The molecule has 0 aromatic rings. The third-order valence-corrected chi connectivity index (χ3v) is 5.09. The molecule has 0 saturated carbocycles. The van der Waals surface area contributed by atoms with E-state index in [1.807, 2.05) is 6.92 Å². The number of carbonyl (C=O) groups is 3. The molecule has 0 aliphatic carbocycles. The maximum Gasteiger partial charge on any atom is 0.306 e. The molecule has 0 bridgehead atoms. The van der Waals surface area contributed by atoms with Crippen LogP contribution in [0.5, 0.6) is 0 Å². The first-order chi connectivity index (χ1) is 15.0. The van der Waals surface area contributed by atoms with Gasteiger partial charge in [0.1, 0.15) is 0 Å². The Morgan fingerprint density at radius 3 is 1.24 bits per heavy atom. The summed E-state index contributed by atoms with van der Waals surface area (Å²) >= 11 is 0. The van der Waals surface area contributed by atoms with Crippen molar-refractivity contribution in [3.8, 4) is 0 Å². The van der Waals surface area contributed by atoms with Crippen molar-refractivity contribution < 1.29 is 71.5 Å². The van der Waals surface area contributed by atoms with Crippen LogP contribution in [0, 0.1) is 59.5 Å². The Morgan fingerprint density at radius 2 is 1.00 bits per heavy atom. The van der Waals surface area contributed by atoms with Gasteiger partial charge in [0.2, 0.25) is 0 Å². The number of rotatable bonds is 17. The number of hydrogen-bond donors (Lipinski definition) is 3. The van der Waals surface area contributed by atoms with Crippen LogP contribution in [0.1, 0.15) is 131 Å². The molecule has 7 heteroatoms. The molecule has 0 aliphatic rings. The molecule has 33 heavy (non-hydrogen) atoms. The molecule has 0 fully saturated rings. The first-order valence-electron chi connectivity index (χ1n) is 12.6. The molecule has 0 amide bonds. The third-order valence-electron chi connectivity index (χ3n) is 5.09. The summed E-state index contributed by atoms with van der Waals surface area (Å²) in [7, 11) is 0. The maximum atomic E-state index is 10.4. The molecule has 1 unspecified atom stereocenters. The quantitative estimate of drug-likeness (QED) is 0.148. The Bertz CT molecular complexity index is 424. The Balaban J connectivity index is -0.000000189. The van der Waals surface area contributed by atoms with E-state index in [1.54, 1.807) is 0 Å². The zero-order valence-electron chi connectivity index (χ0n) is 22.2. The average Bonchev–Trinajstić information content (AvgIpc) is 2.68. The van der Waals surface area contributed by atoms with Gasteiger partial charge in [-0.25, -0.2) is 0 Å². The van der Waals surface area contributed by atoms with E-state index in [0.29, 0.717) is 12.8 Å². The van der Waals surface area contributed by atoms with Gasteiger partial charge in [-0.15, -0.1) is 0 Å². The van der Waals surface area contributed by atoms with E-state index in [9.17, 15) is 14.4 Å². The van der Waals surface area contributed by atoms with Crippen LogP contribution in [-0.2, 0) is 14.4 Å². The van der Waals surface area contributed by atoms with Crippen molar-refractivity contribution in [3.63, 3.8) is 0 Å². The van der Waals surface area contributed by atoms with Crippen LogP contribution < -0.4 is 0 Å². The Hall–Kier alpha value is -0.213. The van der Waals surface area contributed by atoms with Crippen LogP contribution in [0.4, 0.5) is 0 Å². The molecule has 3 N–H and O–H groups in total. The summed E-state index contributed by atoms with van der Waals surface area (Å²) in [6, 6.07) is 0. The van der Waals surface area contributed by atoms with Gasteiger partial charge >= 0.3 is 17.9 Å². The smallest absolute Gasteiger partial charge is 0.306 e. The molecule has 196 valence electrons. The molecule has 0 saturated heterocycles. The van der Waals surface area contributed by atoms with Gasteiger partial charge in [0, 0.05) is 54.6 Å². The average molecular weight is 601 g/mol. The van der Waals surface area contributed by atoms with Crippen LogP contribution in [0.2, 0.25) is 0 Å². The van der Waals surface area contributed by atoms with Crippen LogP contribution in [0.15, 0.2) is 0 Å². The van der Waals surface area contributed by atoms with Gasteiger partial charge in [-0.1, -0.05) is 92.9 Å². The van der Waals surface area contributed by atoms with Gasteiger partial charge in [0.25, 0.3) is 0 Å². The summed E-state index contributed by atoms with van der Waals surface area (Å²) in [5.74, 6) is -0.598. The molecular weight excluding hydrogens is 548 g/mol. The number of unbranched alkanes of at least 4 members (excludes halogenated alkanes) is 5. The number of carboxylic acid groups (broad SMARTS) is 3. The summed E-state index contributed by atoms with van der Waals surface area (Å²) in [4.78, 5) is 30.6. The van der Waals surface area contributed by atoms with E-state index in [2.05, 4.69) is 34.6 Å². The zero-order chi connectivity index (χ0) is 25.4. The second kappa shape index (κ2) is 29.8. The molecule has 0 aromatic carbocycles. The van der Waals surface area contributed by atoms with Crippen molar-refractivity contribution in [1.29, 1.82) is 0 Å². The second-order valence-corrected chi connectivity index (χ2v) is 9.36. The van der Waals surface area contributed by atoms with Crippen molar-refractivity contribution in [3.05, 3.63) is 0 Å². The van der Waals surface area contributed by atoms with E-state index < -0.39 is 17.9 Å². The first kappa shape index (κ1) is 40.0. The fourth-order valence-electron chi connectivity index (χ4n) is 2.96. The summed E-state index contributed by atoms with van der Waals surface area (Å²) in [6.07, 6.45) is 13.0. The summed E-state index contributed by atoms with van der Waals surface area (Å²) in [6.45, 7) is 12.8. The summed E-state index contributed by atoms with van der Waals surface area (Å²) < 4.78 is 0. The first-order valence-corrected chi connectivity index (χ1v) is 12.6. The Morgan fingerprint density at radius 1 is 0.606 bits per heavy atom.